The molecule has 2 rings (SSSR count). The van der Waals surface area contributed by atoms with Crippen molar-refractivity contribution in [3.05, 3.63) is 23.9 Å². The van der Waals surface area contributed by atoms with Gasteiger partial charge >= 0.3 is 0 Å². The highest BCUT2D eigenvalue weighted by atomic mass is 16.2. The third kappa shape index (κ3) is 2.20. The van der Waals surface area contributed by atoms with Crippen LogP contribution in [0.4, 0.5) is 5.82 Å². The maximum absolute atomic E-state index is 11.5. The van der Waals surface area contributed by atoms with Crippen molar-refractivity contribution in [3.8, 4) is 11.8 Å². The van der Waals surface area contributed by atoms with Crippen molar-refractivity contribution in [3.63, 3.8) is 0 Å². The molecule has 0 spiro atoms. The molecule has 1 saturated heterocycles. The summed E-state index contributed by atoms with van der Waals surface area (Å²) < 4.78 is 0. The summed E-state index contributed by atoms with van der Waals surface area (Å²) in [7, 11) is 0. The van der Waals surface area contributed by atoms with E-state index in [1.54, 1.807) is 23.2 Å². The molecule has 0 saturated carbocycles. The first-order chi connectivity index (χ1) is 7.81. The van der Waals surface area contributed by atoms with Gasteiger partial charge in [0.1, 0.15) is 12.4 Å². The summed E-state index contributed by atoms with van der Waals surface area (Å²) in [4.78, 5) is 17.3. The molecule has 1 aliphatic rings. The van der Waals surface area contributed by atoms with Crippen LogP contribution in [0.5, 0.6) is 0 Å². The molecule has 1 aromatic heterocycles. The number of aromatic nitrogens is 1. The van der Waals surface area contributed by atoms with Crippen molar-refractivity contribution in [1.29, 1.82) is 0 Å². The van der Waals surface area contributed by atoms with Crippen molar-refractivity contribution >= 4 is 11.7 Å². The van der Waals surface area contributed by atoms with Crippen LogP contribution in [0.3, 0.4) is 0 Å². The highest BCUT2D eigenvalue weighted by Crippen LogP contribution is 2.19. The Hall–Kier alpha value is -1.86. The van der Waals surface area contributed by atoms with Crippen molar-refractivity contribution < 1.29 is 9.90 Å². The van der Waals surface area contributed by atoms with E-state index < -0.39 is 0 Å². The van der Waals surface area contributed by atoms with E-state index in [0.29, 0.717) is 12.2 Å². The minimum absolute atomic E-state index is 0.111. The molecule has 16 heavy (non-hydrogen) atoms. The van der Waals surface area contributed by atoms with E-state index in [4.69, 9.17) is 5.11 Å². The molecule has 1 N–H and O–H groups in total. The van der Waals surface area contributed by atoms with E-state index in [9.17, 15) is 4.79 Å². The fourth-order valence-corrected chi connectivity index (χ4v) is 1.68. The third-order valence-electron chi connectivity index (χ3n) is 2.41. The van der Waals surface area contributed by atoms with Gasteiger partial charge in [-0.2, -0.15) is 0 Å². The standard InChI is InChI=1S/C12H12N2O2/c15-8-2-3-10-5-6-13-11(9-10)14-7-1-4-12(14)16/h5-6,9,15H,1,4,7-8H2. The molecule has 0 aromatic carbocycles. The zero-order valence-corrected chi connectivity index (χ0v) is 8.81. The summed E-state index contributed by atoms with van der Waals surface area (Å²) in [6.07, 6.45) is 3.10. The van der Waals surface area contributed by atoms with Crippen LogP contribution in [0.2, 0.25) is 0 Å². The van der Waals surface area contributed by atoms with E-state index in [1.807, 2.05) is 0 Å². The highest BCUT2D eigenvalue weighted by Gasteiger charge is 2.22. The summed E-state index contributed by atoms with van der Waals surface area (Å²) in [5.41, 5.74) is 0.763. The number of hydrogen-bond acceptors (Lipinski definition) is 3. The zero-order chi connectivity index (χ0) is 11.4. The highest BCUT2D eigenvalue weighted by molar-refractivity contribution is 5.94. The predicted octanol–water partition coefficient (Wildman–Crippen LogP) is 0.552. The van der Waals surface area contributed by atoms with Crippen molar-refractivity contribution in [2.24, 2.45) is 0 Å². The molecule has 1 aromatic rings. The molecule has 1 aliphatic heterocycles. The molecule has 0 atom stereocenters. The molecule has 0 radical (unpaired) electrons. The summed E-state index contributed by atoms with van der Waals surface area (Å²) in [6, 6.07) is 3.53. The van der Waals surface area contributed by atoms with E-state index in [1.165, 1.54) is 0 Å². The van der Waals surface area contributed by atoms with Crippen LogP contribution in [-0.2, 0) is 4.79 Å². The van der Waals surface area contributed by atoms with Crippen LogP contribution in [0.15, 0.2) is 18.3 Å². The molecule has 0 aliphatic carbocycles. The number of carbonyl (C=O) groups is 1. The Morgan fingerprint density at radius 3 is 3.12 bits per heavy atom. The number of nitrogens with zero attached hydrogens (tertiary/aromatic N) is 2. The van der Waals surface area contributed by atoms with Crippen LogP contribution >= 0.6 is 0 Å². The number of aliphatic hydroxyl groups is 1. The second-order valence-electron chi connectivity index (χ2n) is 3.51. The number of rotatable bonds is 1. The van der Waals surface area contributed by atoms with E-state index >= 15 is 0 Å². The zero-order valence-electron chi connectivity index (χ0n) is 8.81. The van der Waals surface area contributed by atoms with Gasteiger partial charge in [-0.3, -0.25) is 9.69 Å². The Labute approximate surface area is 93.9 Å². The molecule has 1 fully saturated rings. The summed E-state index contributed by atoms with van der Waals surface area (Å²) in [6.45, 7) is 0.559. The average Bonchev–Trinajstić information content (AvgIpc) is 2.73. The SMILES string of the molecule is O=C1CCCN1c1cc(C#CCO)ccn1. The van der Waals surface area contributed by atoms with Crippen LogP contribution in [0, 0.1) is 11.8 Å². The van der Waals surface area contributed by atoms with Crippen LogP contribution < -0.4 is 4.90 Å². The van der Waals surface area contributed by atoms with Gasteiger partial charge in [-0.05, 0) is 18.6 Å². The Morgan fingerprint density at radius 1 is 1.56 bits per heavy atom. The van der Waals surface area contributed by atoms with E-state index in [-0.39, 0.29) is 12.5 Å². The number of carbonyl (C=O) groups excluding carboxylic acids is 1. The fraction of sp³-hybridized carbons (Fsp3) is 0.333. The Kier molecular flexibility index (Phi) is 3.18. The van der Waals surface area contributed by atoms with Gasteiger partial charge in [0, 0.05) is 24.7 Å². The van der Waals surface area contributed by atoms with Gasteiger partial charge in [-0.1, -0.05) is 11.8 Å². The molecule has 1 amide bonds. The first-order valence-electron chi connectivity index (χ1n) is 5.17. The van der Waals surface area contributed by atoms with Gasteiger partial charge in [0.15, 0.2) is 0 Å². The largest absolute Gasteiger partial charge is 0.384 e. The van der Waals surface area contributed by atoms with Crippen LogP contribution in [-0.4, -0.2) is 29.1 Å². The lowest BCUT2D eigenvalue weighted by Gasteiger charge is -2.13. The minimum Gasteiger partial charge on any atom is -0.384 e. The fourth-order valence-electron chi connectivity index (χ4n) is 1.68. The normalized spacial score (nSPS) is 14.8. The number of amides is 1. The van der Waals surface area contributed by atoms with E-state index in [0.717, 1.165) is 18.5 Å². The number of anilines is 1. The number of pyridine rings is 1. The van der Waals surface area contributed by atoms with Crippen molar-refractivity contribution in [2.45, 2.75) is 12.8 Å². The molecular formula is C12H12N2O2. The van der Waals surface area contributed by atoms with Crippen LogP contribution in [0.1, 0.15) is 18.4 Å². The van der Waals surface area contributed by atoms with E-state index in [2.05, 4.69) is 16.8 Å². The predicted molar refractivity (Wildman–Crippen MR) is 59.8 cm³/mol. The topological polar surface area (TPSA) is 53.4 Å². The Bertz CT molecular complexity index is 460. The van der Waals surface area contributed by atoms with Gasteiger partial charge in [-0.25, -0.2) is 4.98 Å². The summed E-state index contributed by atoms with van der Waals surface area (Å²) in [5.74, 6) is 6.12. The molecule has 0 unspecified atom stereocenters. The van der Waals surface area contributed by atoms with Crippen molar-refractivity contribution in [2.75, 3.05) is 18.1 Å². The van der Waals surface area contributed by atoms with Gasteiger partial charge in [0.2, 0.25) is 5.91 Å². The lowest BCUT2D eigenvalue weighted by Crippen LogP contribution is -2.24. The minimum atomic E-state index is -0.166. The van der Waals surface area contributed by atoms with Gasteiger partial charge < -0.3 is 5.11 Å². The first-order valence-corrected chi connectivity index (χ1v) is 5.17. The Morgan fingerprint density at radius 2 is 2.44 bits per heavy atom. The monoisotopic (exact) mass is 216 g/mol. The lowest BCUT2D eigenvalue weighted by atomic mass is 10.2. The lowest BCUT2D eigenvalue weighted by molar-refractivity contribution is -0.117. The van der Waals surface area contributed by atoms with Gasteiger partial charge in [0.05, 0.1) is 0 Å². The summed E-state index contributed by atoms with van der Waals surface area (Å²) >= 11 is 0. The van der Waals surface area contributed by atoms with Gasteiger partial charge in [-0.15, -0.1) is 0 Å². The molecule has 4 heteroatoms. The molecule has 4 nitrogen and oxygen atoms in total. The average molecular weight is 216 g/mol. The van der Waals surface area contributed by atoms with Crippen LogP contribution in [0.25, 0.3) is 0 Å². The molecule has 2 heterocycles. The number of hydrogen-bond donors (Lipinski definition) is 1. The maximum atomic E-state index is 11.5. The first kappa shape index (κ1) is 10.7. The smallest absolute Gasteiger partial charge is 0.228 e. The second kappa shape index (κ2) is 4.77. The maximum Gasteiger partial charge on any atom is 0.228 e. The molecule has 0 bridgehead atoms. The molecular weight excluding hydrogens is 204 g/mol. The molecule has 82 valence electrons. The number of aliphatic hydroxyl groups excluding tert-OH is 1. The van der Waals surface area contributed by atoms with Gasteiger partial charge in [0.25, 0.3) is 0 Å². The second-order valence-corrected chi connectivity index (χ2v) is 3.51. The third-order valence-corrected chi connectivity index (χ3v) is 2.41. The Balaban J connectivity index is 2.25. The van der Waals surface area contributed by atoms with Crippen molar-refractivity contribution in [1.82, 2.24) is 4.98 Å². The quantitative estimate of drug-likeness (QED) is 0.697. The summed E-state index contributed by atoms with van der Waals surface area (Å²) in [5, 5.41) is 8.60.